The van der Waals surface area contributed by atoms with Gasteiger partial charge in [-0.05, 0) is 31.1 Å². The Labute approximate surface area is 85.1 Å². The van der Waals surface area contributed by atoms with E-state index in [1.54, 1.807) is 0 Å². The van der Waals surface area contributed by atoms with Crippen LogP contribution < -0.4 is 0 Å². The van der Waals surface area contributed by atoms with Crippen LogP contribution in [-0.2, 0) is 4.79 Å². The van der Waals surface area contributed by atoms with Crippen molar-refractivity contribution in [3.8, 4) is 0 Å². The summed E-state index contributed by atoms with van der Waals surface area (Å²) in [5, 5.41) is 9.11. The average Bonchev–Trinajstić information content (AvgIpc) is 2.71. The first-order valence-electron chi connectivity index (χ1n) is 5.55. The highest BCUT2D eigenvalue weighted by Crippen LogP contribution is 2.48. The van der Waals surface area contributed by atoms with Gasteiger partial charge >= 0.3 is 0 Å². The molecule has 1 saturated heterocycles. The third-order valence-corrected chi connectivity index (χ3v) is 3.59. The molecule has 0 bridgehead atoms. The van der Waals surface area contributed by atoms with E-state index in [9.17, 15) is 4.79 Å². The van der Waals surface area contributed by atoms with Crippen LogP contribution in [0.15, 0.2) is 0 Å². The maximum Gasteiger partial charge on any atom is 0.223 e. The Morgan fingerprint density at radius 2 is 2.29 bits per heavy atom. The lowest BCUT2D eigenvalue weighted by atomic mass is 10.0. The van der Waals surface area contributed by atoms with E-state index in [0.717, 1.165) is 19.4 Å². The minimum Gasteiger partial charge on any atom is -0.394 e. The largest absolute Gasteiger partial charge is 0.394 e. The predicted molar refractivity (Wildman–Crippen MR) is 53.8 cm³/mol. The van der Waals surface area contributed by atoms with Crippen molar-refractivity contribution in [1.29, 1.82) is 0 Å². The fourth-order valence-corrected chi connectivity index (χ4v) is 2.21. The second-order valence-electron chi connectivity index (χ2n) is 5.05. The van der Waals surface area contributed by atoms with Crippen LogP contribution in [0.25, 0.3) is 0 Å². The lowest BCUT2D eigenvalue weighted by Crippen LogP contribution is -2.38. The Hall–Kier alpha value is -0.570. The number of carbonyl (C=O) groups is 1. The van der Waals surface area contributed by atoms with Gasteiger partial charge in [0.25, 0.3) is 0 Å². The van der Waals surface area contributed by atoms with Gasteiger partial charge in [-0.1, -0.05) is 6.92 Å². The van der Waals surface area contributed by atoms with Gasteiger partial charge in [-0.3, -0.25) is 4.79 Å². The third-order valence-electron chi connectivity index (χ3n) is 3.59. The molecule has 1 aliphatic carbocycles. The molecule has 14 heavy (non-hydrogen) atoms. The second-order valence-corrected chi connectivity index (χ2v) is 5.05. The molecule has 2 aliphatic rings. The molecule has 0 spiro atoms. The number of rotatable bonds is 3. The lowest BCUT2D eigenvalue weighted by molar-refractivity contribution is -0.133. The summed E-state index contributed by atoms with van der Waals surface area (Å²) < 4.78 is 0. The average molecular weight is 197 g/mol. The maximum absolute atomic E-state index is 11.9. The minimum atomic E-state index is 0.102. The Bertz CT molecular complexity index is 235. The highest BCUT2D eigenvalue weighted by molar-refractivity contribution is 5.78. The molecule has 3 heteroatoms. The molecule has 1 unspecified atom stereocenters. The number of likely N-dealkylation sites (tertiary alicyclic amines) is 1. The summed E-state index contributed by atoms with van der Waals surface area (Å²) in [5.41, 5.74) is 0.291. The van der Waals surface area contributed by atoms with Crippen LogP contribution in [-0.4, -0.2) is 35.1 Å². The van der Waals surface area contributed by atoms with Crippen molar-refractivity contribution in [2.24, 2.45) is 5.41 Å². The molecule has 2 fully saturated rings. The zero-order valence-corrected chi connectivity index (χ0v) is 8.83. The summed E-state index contributed by atoms with van der Waals surface area (Å²) in [6.07, 6.45) is 5.09. The molecule has 2 rings (SSSR count). The molecule has 0 aromatic heterocycles. The Kier molecular flexibility index (Phi) is 2.52. The smallest absolute Gasteiger partial charge is 0.223 e. The third kappa shape index (κ3) is 1.92. The van der Waals surface area contributed by atoms with Crippen LogP contribution in [0.2, 0.25) is 0 Å². The molecule has 1 amide bonds. The topological polar surface area (TPSA) is 40.5 Å². The number of nitrogens with zero attached hydrogens (tertiary/aromatic N) is 1. The van der Waals surface area contributed by atoms with Gasteiger partial charge in [0, 0.05) is 13.0 Å². The summed E-state index contributed by atoms with van der Waals surface area (Å²) in [4.78, 5) is 13.8. The van der Waals surface area contributed by atoms with Crippen molar-refractivity contribution < 1.29 is 9.90 Å². The summed E-state index contributed by atoms with van der Waals surface area (Å²) in [6, 6.07) is 0.102. The monoisotopic (exact) mass is 197 g/mol. The van der Waals surface area contributed by atoms with Crippen molar-refractivity contribution in [1.82, 2.24) is 4.90 Å². The van der Waals surface area contributed by atoms with Gasteiger partial charge < -0.3 is 10.0 Å². The number of carbonyl (C=O) groups excluding carboxylic acids is 1. The molecule has 0 aromatic rings. The van der Waals surface area contributed by atoms with Crippen LogP contribution in [0.4, 0.5) is 0 Å². The number of hydrogen-bond donors (Lipinski definition) is 1. The van der Waals surface area contributed by atoms with Crippen LogP contribution in [0.3, 0.4) is 0 Å². The van der Waals surface area contributed by atoms with Crippen LogP contribution in [0, 0.1) is 5.41 Å². The molecule has 1 aliphatic heterocycles. The van der Waals surface area contributed by atoms with Gasteiger partial charge in [0.1, 0.15) is 0 Å². The van der Waals surface area contributed by atoms with E-state index in [1.165, 1.54) is 12.8 Å². The van der Waals surface area contributed by atoms with Crippen LogP contribution in [0.5, 0.6) is 0 Å². The van der Waals surface area contributed by atoms with Gasteiger partial charge in [-0.15, -0.1) is 0 Å². The van der Waals surface area contributed by atoms with E-state index in [0.29, 0.717) is 11.8 Å². The molecule has 80 valence electrons. The number of amides is 1. The van der Waals surface area contributed by atoms with Gasteiger partial charge in [0.05, 0.1) is 12.6 Å². The SMILES string of the molecule is CC1(CC(=O)N2CCCC2CO)CC1. The van der Waals surface area contributed by atoms with Crippen molar-refractivity contribution >= 4 is 5.91 Å². The molecular formula is C11H19NO2. The Morgan fingerprint density at radius 3 is 2.86 bits per heavy atom. The van der Waals surface area contributed by atoms with Crippen molar-refractivity contribution in [3.63, 3.8) is 0 Å². The number of aliphatic hydroxyl groups excluding tert-OH is 1. The maximum atomic E-state index is 11.9. The van der Waals surface area contributed by atoms with E-state index >= 15 is 0 Å². The number of aliphatic hydroxyl groups is 1. The van der Waals surface area contributed by atoms with Crippen LogP contribution >= 0.6 is 0 Å². The van der Waals surface area contributed by atoms with Gasteiger partial charge in [0.15, 0.2) is 0 Å². The molecule has 0 aromatic carbocycles. The molecule has 3 nitrogen and oxygen atoms in total. The fraction of sp³-hybridized carbons (Fsp3) is 0.909. The molecule has 0 radical (unpaired) electrons. The standard InChI is InChI=1S/C11H19NO2/c1-11(4-5-11)7-10(14)12-6-2-3-9(12)8-13/h9,13H,2-8H2,1H3. The van der Waals surface area contributed by atoms with Gasteiger partial charge in [-0.2, -0.15) is 0 Å². The summed E-state index contributed by atoms with van der Waals surface area (Å²) in [5.74, 6) is 0.251. The lowest BCUT2D eigenvalue weighted by Gasteiger charge is -2.24. The highest BCUT2D eigenvalue weighted by Gasteiger charge is 2.41. The minimum absolute atomic E-state index is 0.102. The fourth-order valence-electron chi connectivity index (χ4n) is 2.21. The molecule has 1 saturated carbocycles. The van der Waals surface area contributed by atoms with Crippen LogP contribution in [0.1, 0.15) is 39.0 Å². The van der Waals surface area contributed by atoms with Crippen molar-refractivity contribution in [3.05, 3.63) is 0 Å². The van der Waals surface area contributed by atoms with E-state index in [-0.39, 0.29) is 18.6 Å². The van der Waals surface area contributed by atoms with E-state index in [4.69, 9.17) is 5.11 Å². The predicted octanol–water partition coefficient (Wildman–Crippen LogP) is 1.16. The summed E-state index contributed by atoms with van der Waals surface area (Å²) in [7, 11) is 0. The molecule has 1 N–H and O–H groups in total. The molecule has 1 heterocycles. The Morgan fingerprint density at radius 1 is 1.57 bits per heavy atom. The van der Waals surface area contributed by atoms with Crippen molar-refractivity contribution in [2.45, 2.75) is 45.1 Å². The zero-order valence-electron chi connectivity index (χ0n) is 8.83. The van der Waals surface area contributed by atoms with Gasteiger partial charge in [-0.25, -0.2) is 0 Å². The molecular weight excluding hydrogens is 178 g/mol. The van der Waals surface area contributed by atoms with Gasteiger partial charge in [0.2, 0.25) is 5.91 Å². The first kappa shape index (κ1) is 9.97. The summed E-state index contributed by atoms with van der Waals surface area (Å²) >= 11 is 0. The highest BCUT2D eigenvalue weighted by atomic mass is 16.3. The summed E-state index contributed by atoms with van der Waals surface area (Å²) in [6.45, 7) is 3.15. The molecule has 1 atom stereocenters. The normalized spacial score (nSPS) is 29.3. The van der Waals surface area contributed by atoms with E-state index in [2.05, 4.69) is 6.92 Å². The second kappa shape index (κ2) is 3.54. The first-order valence-corrected chi connectivity index (χ1v) is 5.55. The van der Waals surface area contributed by atoms with Crippen molar-refractivity contribution in [2.75, 3.05) is 13.2 Å². The Balaban J connectivity index is 1.90. The zero-order chi connectivity index (χ0) is 10.2. The van der Waals surface area contributed by atoms with E-state index < -0.39 is 0 Å². The quantitative estimate of drug-likeness (QED) is 0.737. The first-order chi connectivity index (χ1) is 6.64. The number of hydrogen-bond acceptors (Lipinski definition) is 2. The van der Waals surface area contributed by atoms with E-state index in [1.807, 2.05) is 4.90 Å².